The van der Waals surface area contributed by atoms with Crippen molar-refractivity contribution in [2.24, 2.45) is 5.73 Å². The normalized spacial score (nSPS) is 13.8. The topological polar surface area (TPSA) is 61.5 Å². The van der Waals surface area contributed by atoms with Crippen LogP contribution in [0.1, 0.15) is 30.5 Å². The maximum Gasteiger partial charge on any atom is 0.329 e. The first-order valence-electron chi connectivity index (χ1n) is 6.45. The summed E-state index contributed by atoms with van der Waals surface area (Å²) in [7, 11) is 0. The quantitative estimate of drug-likeness (QED) is 0.830. The fraction of sp³-hybridized carbons (Fsp3) is 0.533. The van der Waals surface area contributed by atoms with Crippen LogP contribution in [0.2, 0.25) is 0 Å². The summed E-state index contributed by atoms with van der Waals surface area (Å²) >= 11 is 0. The third-order valence-electron chi connectivity index (χ3n) is 3.13. The highest BCUT2D eigenvalue weighted by Crippen LogP contribution is 2.26. The molecule has 0 aliphatic rings. The predicted molar refractivity (Wildman–Crippen MR) is 75.4 cm³/mol. The molecular formula is C15H23NO3. The maximum atomic E-state index is 11.7. The second-order valence-corrected chi connectivity index (χ2v) is 5.08. The van der Waals surface area contributed by atoms with Gasteiger partial charge in [0.15, 0.2) is 0 Å². The molecule has 0 aliphatic carbocycles. The Bertz CT molecular complexity index is 467. The molecule has 0 spiro atoms. The number of nitrogens with two attached hydrogens (primary N) is 1. The number of benzene rings is 1. The summed E-state index contributed by atoms with van der Waals surface area (Å²) in [6.45, 7) is 9.77. The fourth-order valence-electron chi connectivity index (χ4n) is 1.72. The van der Waals surface area contributed by atoms with Crippen molar-refractivity contribution in [1.82, 2.24) is 0 Å². The molecule has 1 rings (SSSR count). The molecule has 0 fully saturated rings. The highest BCUT2D eigenvalue weighted by Gasteiger charge is 2.31. The highest BCUT2D eigenvalue weighted by molar-refractivity contribution is 5.80. The number of hydrogen-bond donors (Lipinski definition) is 1. The van der Waals surface area contributed by atoms with Crippen molar-refractivity contribution in [3.8, 4) is 5.75 Å². The molecule has 19 heavy (non-hydrogen) atoms. The van der Waals surface area contributed by atoms with Crippen LogP contribution in [0.4, 0.5) is 0 Å². The van der Waals surface area contributed by atoms with Gasteiger partial charge in [-0.1, -0.05) is 12.1 Å². The zero-order valence-electron chi connectivity index (χ0n) is 12.4. The van der Waals surface area contributed by atoms with Crippen molar-refractivity contribution in [2.75, 3.05) is 13.2 Å². The van der Waals surface area contributed by atoms with Crippen molar-refractivity contribution >= 4 is 5.97 Å². The summed E-state index contributed by atoms with van der Waals surface area (Å²) in [5.74, 6) is 0.346. The van der Waals surface area contributed by atoms with Gasteiger partial charge in [0, 0.05) is 0 Å². The fourth-order valence-corrected chi connectivity index (χ4v) is 1.72. The van der Waals surface area contributed by atoms with Crippen LogP contribution >= 0.6 is 0 Å². The number of carbonyl (C=O) groups excluding carboxylic acids is 1. The number of hydrogen-bond acceptors (Lipinski definition) is 4. The smallest absolute Gasteiger partial charge is 0.329 e. The Balaban J connectivity index is 2.82. The van der Waals surface area contributed by atoms with Gasteiger partial charge >= 0.3 is 5.97 Å². The minimum atomic E-state index is -1.14. The summed E-state index contributed by atoms with van der Waals surface area (Å²) < 4.78 is 10.7. The maximum absolute atomic E-state index is 11.7. The molecule has 0 radical (unpaired) electrons. The molecule has 0 aliphatic heterocycles. The first-order valence-corrected chi connectivity index (χ1v) is 6.45. The SMILES string of the molecule is CCOC(=O)C(C)(N)COc1c(C)ccc(C)c1C. The Kier molecular flexibility index (Phi) is 4.95. The molecule has 0 aromatic heterocycles. The van der Waals surface area contributed by atoms with Crippen LogP contribution < -0.4 is 10.5 Å². The average Bonchev–Trinajstić information content (AvgIpc) is 2.34. The molecular weight excluding hydrogens is 242 g/mol. The largest absolute Gasteiger partial charge is 0.490 e. The monoisotopic (exact) mass is 265 g/mol. The van der Waals surface area contributed by atoms with Gasteiger partial charge in [-0.25, -0.2) is 4.79 Å². The zero-order valence-corrected chi connectivity index (χ0v) is 12.4. The number of esters is 1. The minimum Gasteiger partial charge on any atom is -0.490 e. The van der Waals surface area contributed by atoms with E-state index >= 15 is 0 Å². The van der Waals surface area contributed by atoms with Crippen molar-refractivity contribution in [3.05, 3.63) is 28.8 Å². The van der Waals surface area contributed by atoms with Crippen LogP contribution in [-0.2, 0) is 9.53 Å². The Morgan fingerprint density at radius 2 is 1.84 bits per heavy atom. The Morgan fingerprint density at radius 1 is 1.26 bits per heavy atom. The molecule has 1 atom stereocenters. The Hall–Kier alpha value is -1.55. The van der Waals surface area contributed by atoms with Crippen LogP contribution in [-0.4, -0.2) is 24.7 Å². The number of carbonyl (C=O) groups is 1. The first-order chi connectivity index (χ1) is 8.79. The number of rotatable bonds is 5. The van der Waals surface area contributed by atoms with Crippen LogP contribution in [0, 0.1) is 20.8 Å². The van der Waals surface area contributed by atoms with Crippen LogP contribution in [0.3, 0.4) is 0 Å². The molecule has 0 amide bonds. The lowest BCUT2D eigenvalue weighted by Gasteiger charge is -2.24. The van der Waals surface area contributed by atoms with E-state index in [4.69, 9.17) is 15.2 Å². The Labute approximate surface area is 114 Å². The first kappa shape index (κ1) is 15.5. The summed E-state index contributed by atoms with van der Waals surface area (Å²) in [5, 5.41) is 0. The van der Waals surface area contributed by atoms with Gasteiger partial charge in [-0.3, -0.25) is 0 Å². The Morgan fingerprint density at radius 3 is 2.42 bits per heavy atom. The van der Waals surface area contributed by atoms with Gasteiger partial charge < -0.3 is 15.2 Å². The molecule has 0 saturated carbocycles. The van der Waals surface area contributed by atoms with Crippen molar-refractivity contribution in [3.63, 3.8) is 0 Å². The lowest BCUT2D eigenvalue weighted by atomic mass is 10.0. The zero-order chi connectivity index (χ0) is 14.6. The van der Waals surface area contributed by atoms with Crippen LogP contribution in [0.25, 0.3) is 0 Å². The third kappa shape index (κ3) is 3.70. The molecule has 1 unspecified atom stereocenters. The molecule has 1 aromatic rings. The standard InChI is InChI=1S/C15H23NO3/c1-6-18-14(17)15(5,16)9-19-13-11(3)8-7-10(2)12(13)4/h7-8H,6,9,16H2,1-5H3. The van der Waals surface area contributed by atoms with Gasteiger partial charge in [0.05, 0.1) is 6.61 Å². The van der Waals surface area contributed by atoms with E-state index in [0.717, 1.165) is 22.4 Å². The van der Waals surface area contributed by atoms with E-state index in [1.54, 1.807) is 13.8 Å². The summed E-state index contributed by atoms with van der Waals surface area (Å²) in [6.07, 6.45) is 0. The van der Waals surface area contributed by atoms with Crippen molar-refractivity contribution in [1.29, 1.82) is 0 Å². The molecule has 2 N–H and O–H groups in total. The third-order valence-corrected chi connectivity index (χ3v) is 3.13. The van der Waals surface area contributed by atoms with Gasteiger partial charge in [0.25, 0.3) is 0 Å². The molecule has 4 heteroatoms. The van der Waals surface area contributed by atoms with E-state index in [1.807, 2.05) is 32.9 Å². The minimum absolute atomic E-state index is 0.0942. The molecule has 1 aromatic carbocycles. The van der Waals surface area contributed by atoms with Gasteiger partial charge in [0.1, 0.15) is 17.9 Å². The highest BCUT2D eigenvalue weighted by atomic mass is 16.5. The molecule has 0 bridgehead atoms. The molecule has 0 heterocycles. The van der Waals surface area contributed by atoms with Crippen LogP contribution in [0.5, 0.6) is 5.75 Å². The molecule has 4 nitrogen and oxygen atoms in total. The number of ether oxygens (including phenoxy) is 2. The summed E-state index contributed by atoms with van der Waals surface area (Å²) in [5.41, 5.74) is 8.04. The number of aryl methyl sites for hydroxylation is 2. The van der Waals surface area contributed by atoms with E-state index in [-0.39, 0.29) is 6.61 Å². The summed E-state index contributed by atoms with van der Waals surface area (Å²) in [4.78, 5) is 11.7. The van der Waals surface area contributed by atoms with E-state index in [2.05, 4.69) is 0 Å². The van der Waals surface area contributed by atoms with Gasteiger partial charge in [0.2, 0.25) is 0 Å². The lowest BCUT2D eigenvalue weighted by molar-refractivity contribution is -0.150. The van der Waals surface area contributed by atoms with E-state index in [0.29, 0.717) is 6.61 Å². The van der Waals surface area contributed by atoms with Crippen molar-refractivity contribution < 1.29 is 14.3 Å². The van der Waals surface area contributed by atoms with Gasteiger partial charge in [-0.05, 0) is 51.3 Å². The average molecular weight is 265 g/mol. The molecule has 106 valence electrons. The lowest BCUT2D eigenvalue weighted by Crippen LogP contribution is -2.51. The van der Waals surface area contributed by atoms with E-state index in [1.165, 1.54) is 0 Å². The van der Waals surface area contributed by atoms with Gasteiger partial charge in [-0.2, -0.15) is 0 Å². The summed E-state index contributed by atoms with van der Waals surface area (Å²) in [6, 6.07) is 4.04. The van der Waals surface area contributed by atoms with Crippen molar-refractivity contribution in [2.45, 2.75) is 40.2 Å². The van der Waals surface area contributed by atoms with E-state index in [9.17, 15) is 4.79 Å². The predicted octanol–water partition coefficient (Wildman–Crippen LogP) is 2.27. The molecule has 0 saturated heterocycles. The second-order valence-electron chi connectivity index (χ2n) is 5.08. The second kappa shape index (κ2) is 6.06. The van der Waals surface area contributed by atoms with Crippen LogP contribution in [0.15, 0.2) is 12.1 Å². The van der Waals surface area contributed by atoms with Gasteiger partial charge in [-0.15, -0.1) is 0 Å². The van der Waals surface area contributed by atoms with E-state index < -0.39 is 11.5 Å².